The molecule has 0 fully saturated rings. The SMILES string of the molecule is COC(=O)c1cc(NCC(F)(F)F)ncc1N. The number of nitrogen functional groups attached to an aromatic ring is 1. The molecule has 0 spiro atoms. The normalized spacial score (nSPS) is 11.1. The van der Waals surface area contributed by atoms with Crippen LogP contribution in [0.3, 0.4) is 0 Å². The number of alkyl halides is 3. The van der Waals surface area contributed by atoms with Crippen LogP contribution in [0.1, 0.15) is 10.4 Å². The molecule has 0 atom stereocenters. The highest BCUT2D eigenvalue weighted by atomic mass is 19.4. The third-order valence-electron chi connectivity index (χ3n) is 1.81. The Labute approximate surface area is 94.8 Å². The lowest BCUT2D eigenvalue weighted by atomic mass is 10.2. The Bertz CT molecular complexity index is 420. The Hall–Kier alpha value is -1.99. The molecular formula is C9H10F3N3O2. The van der Waals surface area contributed by atoms with Crippen molar-refractivity contribution in [2.24, 2.45) is 0 Å². The van der Waals surface area contributed by atoms with Crippen LogP contribution in [0.15, 0.2) is 12.3 Å². The molecule has 1 aromatic rings. The van der Waals surface area contributed by atoms with Crippen LogP contribution in [0.25, 0.3) is 0 Å². The van der Waals surface area contributed by atoms with Gasteiger partial charge in [0.25, 0.3) is 0 Å². The van der Waals surface area contributed by atoms with Crippen LogP contribution in [0, 0.1) is 0 Å². The number of methoxy groups -OCH3 is 1. The van der Waals surface area contributed by atoms with Gasteiger partial charge in [-0.2, -0.15) is 13.2 Å². The molecule has 1 heterocycles. The quantitative estimate of drug-likeness (QED) is 0.792. The Morgan fingerprint density at radius 2 is 2.24 bits per heavy atom. The molecule has 94 valence electrons. The fraction of sp³-hybridized carbons (Fsp3) is 0.333. The Kier molecular flexibility index (Phi) is 3.77. The molecule has 0 aliphatic heterocycles. The summed E-state index contributed by atoms with van der Waals surface area (Å²) in [6.07, 6.45) is -3.28. The van der Waals surface area contributed by atoms with Crippen LogP contribution in [0.5, 0.6) is 0 Å². The first-order valence-electron chi connectivity index (χ1n) is 4.48. The van der Waals surface area contributed by atoms with Crippen molar-refractivity contribution in [3.63, 3.8) is 0 Å². The number of nitrogens with zero attached hydrogens (tertiary/aromatic N) is 1. The molecule has 0 saturated carbocycles. The van der Waals surface area contributed by atoms with Crippen LogP contribution >= 0.6 is 0 Å². The maximum absolute atomic E-state index is 11.9. The van der Waals surface area contributed by atoms with Gasteiger partial charge in [-0.15, -0.1) is 0 Å². The van der Waals surface area contributed by atoms with Gasteiger partial charge in [-0.1, -0.05) is 0 Å². The van der Waals surface area contributed by atoms with Crippen LogP contribution in [0.4, 0.5) is 24.7 Å². The number of hydrogen-bond donors (Lipinski definition) is 2. The molecule has 0 amide bonds. The summed E-state index contributed by atoms with van der Waals surface area (Å²) in [6.45, 7) is -1.25. The number of nitrogens with two attached hydrogens (primary N) is 1. The summed E-state index contributed by atoms with van der Waals surface area (Å²) < 4.78 is 40.2. The van der Waals surface area contributed by atoms with Crippen molar-refractivity contribution in [2.45, 2.75) is 6.18 Å². The molecule has 1 rings (SSSR count). The van der Waals surface area contributed by atoms with Gasteiger partial charge in [0.15, 0.2) is 0 Å². The molecule has 0 saturated heterocycles. The number of esters is 1. The Balaban J connectivity index is 2.86. The minimum Gasteiger partial charge on any atom is -0.465 e. The highest BCUT2D eigenvalue weighted by molar-refractivity contribution is 5.95. The second-order valence-electron chi connectivity index (χ2n) is 3.12. The van der Waals surface area contributed by atoms with E-state index in [-0.39, 0.29) is 17.1 Å². The molecule has 5 nitrogen and oxygen atoms in total. The number of anilines is 2. The molecule has 0 radical (unpaired) electrons. The third-order valence-corrected chi connectivity index (χ3v) is 1.81. The van der Waals surface area contributed by atoms with Gasteiger partial charge in [0.2, 0.25) is 0 Å². The van der Waals surface area contributed by atoms with Gasteiger partial charge in [-0.3, -0.25) is 0 Å². The van der Waals surface area contributed by atoms with Crippen molar-refractivity contribution in [1.29, 1.82) is 0 Å². The summed E-state index contributed by atoms with van der Waals surface area (Å²) in [5.41, 5.74) is 5.44. The second-order valence-corrected chi connectivity index (χ2v) is 3.12. The Morgan fingerprint density at radius 1 is 1.59 bits per heavy atom. The zero-order valence-corrected chi connectivity index (χ0v) is 8.84. The Morgan fingerprint density at radius 3 is 2.76 bits per heavy atom. The number of aromatic nitrogens is 1. The first-order valence-corrected chi connectivity index (χ1v) is 4.48. The van der Waals surface area contributed by atoms with Crippen LogP contribution in [-0.2, 0) is 4.74 Å². The number of carbonyl (C=O) groups excluding carboxylic acids is 1. The minimum atomic E-state index is -4.37. The lowest BCUT2D eigenvalue weighted by molar-refractivity contribution is -0.115. The predicted octanol–water partition coefficient (Wildman–Crippen LogP) is 1.42. The van der Waals surface area contributed by atoms with E-state index < -0.39 is 18.7 Å². The summed E-state index contributed by atoms with van der Waals surface area (Å²) in [5.74, 6) is -0.836. The van der Waals surface area contributed by atoms with E-state index in [9.17, 15) is 18.0 Å². The number of hydrogen-bond acceptors (Lipinski definition) is 5. The molecule has 3 N–H and O–H groups in total. The van der Waals surface area contributed by atoms with E-state index in [1.54, 1.807) is 0 Å². The number of halogens is 3. The molecule has 0 bridgehead atoms. The van der Waals surface area contributed by atoms with Crippen molar-refractivity contribution < 1.29 is 22.7 Å². The molecule has 0 aliphatic carbocycles. The van der Waals surface area contributed by atoms with Crippen molar-refractivity contribution in [3.05, 3.63) is 17.8 Å². The van der Waals surface area contributed by atoms with E-state index >= 15 is 0 Å². The highest BCUT2D eigenvalue weighted by Gasteiger charge is 2.27. The molecule has 0 aromatic carbocycles. The lowest BCUT2D eigenvalue weighted by Gasteiger charge is -2.10. The summed E-state index contributed by atoms with van der Waals surface area (Å²) in [4.78, 5) is 14.8. The average molecular weight is 249 g/mol. The van der Waals surface area contributed by atoms with Gasteiger partial charge >= 0.3 is 12.1 Å². The third kappa shape index (κ3) is 3.82. The van der Waals surface area contributed by atoms with Gasteiger partial charge in [-0.05, 0) is 6.07 Å². The second kappa shape index (κ2) is 4.89. The molecular weight excluding hydrogens is 239 g/mol. The lowest BCUT2D eigenvalue weighted by Crippen LogP contribution is -2.22. The molecule has 0 aliphatic rings. The molecule has 8 heteroatoms. The summed E-state index contributed by atoms with van der Waals surface area (Å²) >= 11 is 0. The number of rotatable bonds is 3. The van der Waals surface area contributed by atoms with E-state index in [1.165, 1.54) is 0 Å². The van der Waals surface area contributed by atoms with E-state index in [0.29, 0.717) is 0 Å². The van der Waals surface area contributed by atoms with Gasteiger partial charge in [0.1, 0.15) is 12.4 Å². The largest absolute Gasteiger partial charge is 0.465 e. The topological polar surface area (TPSA) is 77.2 Å². The van der Waals surface area contributed by atoms with E-state index in [4.69, 9.17) is 5.73 Å². The van der Waals surface area contributed by atoms with Gasteiger partial charge < -0.3 is 15.8 Å². The van der Waals surface area contributed by atoms with Gasteiger partial charge in [0, 0.05) is 0 Å². The molecule has 1 aromatic heterocycles. The number of ether oxygens (including phenoxy) is 1. The van der Waals surface area contributed by atoms with Crippen molar-refractivity contribution in [3.8, 4) is 0 Å². The summed E-state index contributed by atoms with van der Waals surface area (Å²) in [6, 6.07) is 1.10. The maximum Gasteiger partial charge on any atom is 0.405 e. The standard InChI is InChI=1S/C9H10F3N3O2/c1-17-8(16)5-2-7(14-3-6(5)13)15-4-9(10,11)12/h2-3H,4,13H2,1H3,(H,14,15). The molecule has 0 unspecified atom stereocenters. The first-order chi connectivity index (χ1) is 7.83. The zero-order chi connectivity index (χ0) is 13.1. The minimum absolute atomic E-state index is 0.0350. The van der Waals surface area contributed by atoms with Crippen molar-refractivity contribution >= 4 is 17.5 Å². The van der Waals surface area contributed by atoms with Crippen molar-refractivity contribution in [1.82, 2.24) is 4.98 Å². The van der Waals surface area contributed by atoms with Gasteiger partial charge in [-0.25, -0.2) is 9.78 Å². The highest BCUT2D eigenvalue weighted by Crippen LogP contribution is 2.18. The van der Waals surface area contributed by atoms with Gasteiger partial charge in [0.05, 0.1) is 24.6 Å². The predicted molar refractivity (Wildman–Crippen MR) is 54.5 cm³/mol. The first kappa shape index (κ1) is 13.1. The van der Waals surface area contributed by atoms with E-state index in [1.807, 2.05) is 5.32 Å². The molecule has 17 heavy (non-hydrogen) atoms. The summed E-state index contributed by atoms with van der Waals surface area (Å²) in [5, 5.41) is 2.03. The average Bonchev–Trinajstić information content (AvgIpc) is 2.26. The van der Waals surface area contributed by atoms with E-state index in [2.05, 4.69) is 9.72 Å². The van der Waals surface area contributed by atoms with Crippen LogP contribution in [-0.4, -0.2) is 30.8 Å². The van der Waals surface area contributed by atoms with Crippen LogP contribution in [0.2, 0.25) is 0 Å². The monoisotopic (exact) mass is 249 g/mol. The maximum atomic E-state index is 11.9. The fourth-order valence-electron chi connectivity index (χ4n) is 1.04. The van der Waals surface area contributed by atoms with E-state index in [0.717, 1.165) is 19.4 Å². The number of carbonyl (C=O) groups is 1. The zero-order valence-electron chi connectivity index (χ0n) is 8.84. The number of pyridine rings is 1. The van der Waals surface area contributed by atoms with Crippen LogP contribution < -0.4 is 11.1 Å². The smallest absolute Gasteiger partial charge is 0.405 e. The van der Waals surface area contributed by atoms with Crippen molar-refractivity contribution in [2.75, 3.05) is 24.7 Å². The summed E-state index contributed by atoms with van der Waals surface area (Å²) in [7, 11) is 1.14. The number of nitrogens with one attached hydrogen (secondary N) is 1. The fourth-order valence-corrected chi connectivity index (χ4v) is 1.04.